The fourth-order valence-corrected chi connectivity index (χ4v) is 3.41. The number of aromatic nitrogens is 2. The maximum atomic E-state index is 12.3. The topological polar surface area (TPSA) is 103 Å². The second-order valence-electron chi connectivity index (χ2n) is 6.95. The van der Waals surface area contributed by atoms with Crippen molar-refractivity contribution in [2.24, 2.45) is 5.10 Å². The van der Waals surface area contributed by atoms with Gasteiger partial charge in [-0.3, -0.25) is 9.78 Å². The van der Waals surface area contributed by atoms with E-state index < -0.39 is 5.56 Å². The van der Waals surface area contributed by atoms with E-state index in [-0.39, 0.29) is 11.5 Å². The first-order valence-corrected chi connectivity index (χ1v) is 10.8. The van der Waals surface area contributed by atoms with E-state index in [9.17, 15) is 10.1 Å². The number of ether oxygens (including phenoxy) is 1. The third-order valence-electron chi connectivity index (χ3n) is 4.65. The van der Waals surface area contributed by atoms with Crippen LogP contribution in [-0.2, 0) is 6.61 Å². The van der Waals surface area contributed by atoms with E-state index >= 15 is 0 Å². The lowest BCUT2D eigenvalue weighted by atomic mass is 10.1. The summed E-state index contributed by atoms with van der Waals surface area (Å²) in [5.74, 6) is 0.811. The predicted molar refractivity (Wildman–Crippen MR) is 131 cm³/mol. The smallest absolute Gasteiger partial charge is 0.270 e. The van der Waals surface area contributed by atoms with Gasteiger partial charge in [0.2, 0.25) is 5.95 Å². The van der Waals surface area contributed by atoms with E-state index in [4.69, 9.17) is 4.74 Å². The number of H-pyrrole nitrogens is 1. The molecule has 0 aliphatic heterocycles. The number of nitrogens with zero attached hydrogens (tertiary/aromatic N) is 3. The summed E-state index contributed by atoms with van der Waals surface area (Å²) in [5.41, 5.74) is 4.95. The number of halogens is 1. The number of hydrogen-bond acceptors (Lipinski definition) is 6. The fraction of sp³-hybridized carbons (Fsp3) is 0.0400. The predicted octanol–water partition coefficient (Wildman–Crippen LogP) is 5.10. The number of aromatic amines is 1. The lowest BCUT2D eigenvalue weighted by Crippen LogP contribution is -2.16. The molecule has 1 heterocycles. The number of hydrazone groups is 1. The van der Waals surface area contributed by atoms with Gasteiger partial charge in [0.1, 0.15) is 24.0 Å². The quantitative estimate of drug-likeness (QED) is 0.272. The Morgan fingerprint density at radius 2 is 1.82 bits per heavy atom. The first kappa shape index (κ1) is 22.0. The van der Waals surface area contributed by atoms with Crippen LogP contribution in [0.1, 0.15) is 16.7 Å². The van der Waals surface area contributed by atoms with Gasteiger partial charge in [-0.2, -0.15) is 10.4 Å². The minimum Gasteiger partial charge on any atom is -0.488 e. The maximum absolute atomic E-state index is 12.3. The Labute approximate surface area is 198 Å². The SMILES string of the molecule is N#Cc1c(-c2ccccc2)nc(NN=Cc2ccc(Br)c(OCc3ccccc3)c2)[nH]c1=O. The van der Waals surface area contributed by atoms with Gasteiger partial charge in [-0.05, 0) is 39.2 Å². The highest BCUT2D eigenvalue weighted by molar-refractivity contribution is 9.10. The van der Waals surface area contributed by atoms with Crippen LogP contribution in [-0.4, -0.2) is 16.2 Å². The molecule has 0 saturated heterocycles. The molecule has 0 amide bonds. The summed E-state index contributed by atoms with van der Waals surface area (Å²) in [7, 11) is 0. The molecule has 0 bridgehead atoms. The lowest BCUT2D eigenvalue weighted by molar-refractivity contribution is 0.304. The van der Waals surface area contributed by atoms with Gasteiger partial charge in [-0.1, -0.05) is 66.7 Å². The summed E-state index contributed by atoms with van der Waals surface area (Å²) in [6.07, 6.45) is 1.59. The monoisotopic (exact) mass is 499 g/mol. The van der Waals surface area contributed by atoms with E-state index in [1.165, 1.54) is 0 Å². The molecule has 3 aromatic carbocycles. The normalized spacial score (nSPS) is 10.7. The van der Waals surface area contributed by atoms with Gasteiger partial charge in [0, 0.05) is 5.56 Å². The summed E-state index contributed by atoms with van der Waals surface area (Å²) in [6.45, 7) is 0.441. The Morgan fingerprint density at radius 3 is 2.55 bits per heavy atom. The van der Waals surface area contributed by atoms with Crippen LogP contribution in [0.3, 0.4) is 0 Å². The van der Waals surface area contributed by atoms with Crippen LogP contribution in [0.2, 0.25) is 0 Å². The number of rotatable bonds is 7. The van der Waals surface area contributed by atoms with Crippen LogP contribution in [0.5, 0.6) is 5.75 Å². The van der Waals surface area contributed by atoms with Crippen molar-refractivity contribution in [2.75, 3.05) is 5.43 Å². The van der Waals surface area contributed by atoms with Gasteiger partial charge in [-0.15, -0.1) is 0 Å². The molecular formula is C25H18BrN5O2. The Hall–Kier alpha value is -4.22. The van der Waals surface area contributed by atoms with Crippen molar-refractivity contribution < 1.29 is 4.74 Å². The number of nitriles is 1. The highest BCUT2D eigenvalue weighted by Gasteiger charge is 2.12. The average molecular weight is 500 g/mol. The summed E-state index contributed by atoms with van der Waals surface area (Å²) in [6, 6.07) is 26.4. The fourth-order valence-electron chi connectivity index (χ4n) is 3.05. The van der Waals surface area contributed by atoms with Crippen LogP contribution in [0, 0.1) is 11.3 Å². The van der Waals surface area contributed by atoms with Crippen molar-refractivity contribution in [3.05, 3.63) is 110 Å². The van der Waals surface area contributed by atoms with E-state index in [1.54, 1.807) is 18.3 Å². The molecule has 2 N–H and O–H groups in total. The lowest BCUT2D eigenvalue weighted by Gasteiger charge is -2.09. The van der Waals surface area contributed by atoms with Gasteiger partial charge in [-0.25, -0.2) is 10.4 Å². The molecule has 0 atom stereocenters. The van der Waals surface area contributed by atoms with Crippen molar-refractivity contribution in [2.45, 2.75) is 6.61 Å². The average Bonchev–Trinajstić information content (AvgIpc) is 2.85. The number of anilines is 1. The molecule has 0 saturated carbocycles. The van der Waals surface area contributed by atoms with Crippen molar-refractivity contribution in [3.8, 4) is 23.1 Å². The molecule has 162 valence electrons. The zero-order chi connectivity index (χ0) is 23.0. The highest BCUT2D eigenvalue weighted by atomic mass is 79.9. The Morgan fingerprint density at radius 1 is 1.09 bits per heavy atom. The van der Waals surface area contributed by atoms with Crippen molar-refractivity contribution in [1.29, 1.82) is 5.26 Å². The first-order valence-electron chi connectivity index (χ1n) is 9.99. The standard InChI is InChI=1S/C25H18BrN5O2/c26-21-12-11-18(13-22(21)33-16-17-7-3-1-4-8-17)15-28-31-25-29-23(19-9-5-2-6-10-19)20(14-27)24(32)30-25/h1-13,15H,16H2,(H2,29,30,31,32). The molecule has 4 rings (SSSR count). The molecule has 0 spiro atoms. The molecular weight excluding hydrogens is 482 g/mol. The minimum absolute atomic E-state index is 0.0520. The Kier molecular flexibility index (Phi) is 6.93. The van der Waals surface area contributed by atoms with Crippen LogP contribution in [0.15, 0.2) is 93.2 Å². The first-order chi connectivity index (χ1) is 16.1. The summed E-state index contributed by atoms with van der Waals surface area (Å²) >= 11 is 3.50. The second-order valence-corrected chi connectivity index (χ2v) is 7.80. The van der Waals surface area contributed by atoms with E-state index in [1.807, 2.05) is 72.8 Å². The van der Waals surface area contributed by atoms with Crippen molar-refractivity contribution >= 4 is 28.1 Å². The number of hydrogen-bond donors (Lipinski definition) is 2. The van der Waals surface area contributed by atoms with Crippen molar-refractivity contribution in [3.63, 3.8) is 0 Å². The van der Waals surface area contributed by atoms with Gasteiger partial charge in [0.25, 0.3) is 5.56 Å². The van der Waals surface area contributed by atoms with Crippen LogP contribution in [0.4, 0.5) is 5.95 Å². The summed E-state index contributed by atoms with van der Waals surface area (Å²) < 4.78 is 6.74. The summed E-state index contributed by atoms with van der Waals surface area (Å²) in [5, 5.41) is 13.5. The molecule has 8 heteroatoms. The Bertz CT molecular complexity index is 1380. The molecule has 7 nitrogen and oxygen atoms in total. The van der Waals surface area contributed by atoms with Gasteiger partial charge >= 0.3 is 0 Å². The van der Waals surface area contributed by atoms with Crippen LogP contribution >= 0.6 is 15.9 Å². The second kappa shape index (κ2) is 10.4. The molecule has 4 aromatic rings. The van der Waals surface area contributed by atoms with Crippen LogP contribution in [0.25, 0.3) is 11.3 Å². The highest BCUT2D eigenvalue weighted by Crippen LogP contribution is 2.26. The molecule has 33 heavy (non-hydrogen) atoms. The molecule has 0 aliphatic carbocycles. The molecule has 0 fully saturated rings. The number of benzene rings is 3. The zero-order valence-electron chi connectivity index (χ0n) is 17.3. The molecule has 1 aromatic heterocycles. The van der Waals surface area contributed by atoms with Crippen molar-refractivity contribution in [1.82, 2.24) is 9.97 Å². The summed E-state index contributed by atoms with van der Waals surface area (Å²) in [4.78, 5) is 19.2. The van der Waals surface area contributed by atoms with E-state index in [0.717, 1.165) is 15.6 Å². The number of nitrogens with one attached hydrogen (secondary N) is 2. The van der Waals surface area contributed by atoms with Gasteiger partial charge < -0.3 is 4.74 Å². The third kappa shape index (κ3) is 5.53. The van der Waals surface area contributed by atoms with Crippen LogP contribution < -0.4 is 15.7 Å². The maximum Gasteiger partial charge on any atom is 0.270 e. The molecule has 0 aliphatic rings. The third-order valence-corrected chi connectivity index (χ3v) is 5.31. The molecule has 0 radical (unpaired) electrons. The largest absolute Gasteiger partial charge is 0.488 e. The van der Waals surface area contributed by atoms with E-state index in [2.05, 4.69) is 36.4 Å². The van der Waals surface area contributed by atoms with Gasteiger partial charge in [0.15, 0.2) is 0 Å². The minimum atomic E-state index is -0.538. The Balaban J connectivity index is 1.51. The van der Waals surface area contributed by atoms with Gasteiger partial charge in [0.05, 0.1) is 16.4 Å². The zero-order valence-corrected chi connectivity index (χ0v) is 18.9. The van der Waals surface area contributed by atoms with E-state index in [0.29, 0.717) is 23.6 Å². The molecule has 0 unspecified atom stereocenters.